The second-order valence-electron chi connectivity index (χ2n) is 9.69. The summed E-state index contributed by atoms with van der Waals surface area (Å²) in [5.74, 6) is -0.840. The van der Waals surface area contributed by atoms with Crippen molar-refractivity contribution >= 4 is 39.9 Å². The standard InChI is InChI=1S/C32H24FN3O5S2/c1-19-10-15-25(41-19)28(37)26-27(22-8-5-9-24(16-22)40-17-20-6-3-2-4-7-20)36(30(39)29(26)38)31-34-35-32(43-31)42-18-21-11-13-23(33)14-12-21/h2-16,27,38H,17-18H2,1H3. The predicted molar refractivity (Wildman–Crippen MR) is 161 cm³/mol. The van der Waals surface area contributed by atoms with Crippen molar-refractivity contribution < 1.29 is 28.2 Å². The van der Waals surface area contributed by atoms with Gasteiger partial charge in [0.2, 0.25) is 10.9 Å². The molecular formula is C32H24FN3O5S2. The maximum Gasteiger partial charge on any atom is 0.296 e. The minimum atomic E-state index is -1.02. The summed E-state index contributed by atoms with van der Waals surface area (Å²) in [6.07, 6.45) is 0. The van der Waals surface area contributed by atoms with Crippen molar-refractivity contribution in [1.82, 2.24) is 10.2 Å². The summed E-state index contributed by atoms with van der Waals surface area (Å²) in [4.78, 5) is 28.5. The summed E-state index contributed by atoms with van der Waals surface area (Å²) >= 11 is 2.53. The molecule has 0 radical (unpaired) electrons. The van der Waals surface area contributed by atoms with Gasteiger partial charge in [-0.1, -0.05) is 77.7 Å². The SMILES string of the molecule is Cc1ccc(C(=O)C2=C(O)C(=O)N(c3nnc(SCc4ccc(F)cc4)s3)C2c2cccc(OCc3ccccc3)c2)o1. The molecule has 0 spiro atoms. The second-order valence-corrected chi connectivity index (χ2v) is 11.9. The van der Waals surface area contributed by atoms with Gasteiger partial charge in [0, 0.05) is 5.75 Å². The monoisotopic (exact) mass is 613 g/mol. The van der Waals surface area contributed by atoms with Gasteiger partial charge in [-0.15, -0.1) is 10.2 Å². The number of aliphatic hydroxyl groups is 1. The molecule has 1 aliphatic rings. The van der Waals surface area contributed by atoms with Crippen molar-refractivity contribution in [2.45, 2.75) is 29.7 Å². The zero-order valence-electron chi connectivity index (χ0n) is 22.8. The van der Waals surface area contributed by atoms with Gasteiger partial charge in [-0.05, 0) is 60.0 Å². The number of hydrogen-bond donors (Lipinski definition) is 1. The number of aromatic nitrogens is 2. The van der Waals surface area contributed by atoms with E-state index in [9.17, 15) is 19.1 Å². The molecular weight excluding hydrogens is 590 g/mol. The van der Waals surface area contributed by atoms with Crippen molar-refractivity contribution in [2.75, 3.05) is 4.90 Å². The van der Waals surface area contributed by atoms with Crippen LogP contribution in [0.4, 0.5) is 9.52 Å². The number of benzene rings is 3. The van der Waals surface area contributed by atoms with Gasteiger partial charge in [-0.3, -0.25) is 14.5 Å². The quantitative estimate of drug-likeness (QED) is 0.0999. The second kappa shape index (κ2) is 12.2. The van der Waals surface area contributed by atoms with Crippen LogP contribution < -0.4 is 9.64 Å². The van der Waals surface area contributed by atoms with Crippen LogP contribution in [0.2, 0.25) is 0 Å². The fourth-order valence-corrected chi connectivity index (χ4v) is 6.46. The van der Waals surface area contributed by atoms with Gasteiger partial charge in [0.05, 0.1) is 11.6 Å². The molecule has 0 bridgehead atoms. The third-order valence-corrected chi connectivity index (χ3v) is 8.84. The first-order valence-corrected chi connectivity index (χ1v) is 15.0. The van der Waals surface area contributed by atoms with E-state index in [0.29, 0.717) is 33.8 Å². The van der Waals surface area contributed by atoms with Crippen LogP contribution in [-0.2, 0) is 17.2 Å². The van der Waals surface area contributed by atoms with Crippen LogP contribution in [0, 0.1) is 12.7 Å². The predicted octanol–water partition coefficient (Wildman–Crippen LogP) is 7.23. The Bertz CT molecular complexity index is 1820. The summed E-state index contributed by atoms with van der Waals surface area (Å²) in [6.45, 7) is 2.02. The Morgan fingerprint density at radius 3 is 2.56 bits per heavy atom. The minimum Gasteiger partial charge on any atom is -0.503 e. The number of furan rings is 1. The van der Waals surface area contributed by atoms with E-state index in [-0.39, 0.29) is 22.3 Å². The summed E-state index contributed by atoms with van der Waals surface area (Å²) in [7, 11) is 0. The summed E-state index contributed by atoms with van der Waals surface area (Å²) < 4.78 is 25.4. The molecule has 0 saturated carbocycles. The third kappa shape index (κ3) is 6.08. The fraction of sp³-hybridized carbons (Fsp3) is 0.125. The molecule has 1 aliphatic heterocycles. The van der Waals surface area contributed by atoms with E-state index >= 15 is 0 Å². The molecule has 3 heterocycles. The lowest BCUT2D eigenvalue weighted by Gasteiger charge is -2.24. The molecule has 1 unspecified atom stereocenters. The molecule has 0 saturated heterocycles. The minimum absolute atomic E-state index is 0.00277. The molecule has 5 aromatic rings. The number of carbonyl (C=O) groups excluding carboxylic acids is 2. The largest absolute Gasteiger partial charge is 0.503 e. The van der Waals surface area contributed by atoms with Crippen molar-refractivity contribution in [3.05, 3.63) is 136 Å². The molecule has 0 aliphatic carbocycles. The van der Waals surface area contributed by atoms with Crippen molar-refractivity contribution in [3.8, 4) is 5.75 Å². The number of thioether (sulfide) groups is 1. The Morgan fingerprint density at radius 1 is 1.02 bits per heavy atom. The Hall–Kier alpha value is -4.74. The Balaban J connectivity index is 1.33. The lowest BCUT2D eigenvalue weighted by Crippen LogP contribution is -2.31. The van der Waals surface area contributed by atoms with Crippen LogP contribution in [-0.4, -0.2) is 27.0 Å². The van der Waals surface area contributed by atoms with Crippen LogP contribution in [0.5, 0.6) is 5.75 Å². The number of ether oxygens (including phenoxy) is 1. The topological polar surface area (TPSA) is 106 Å². The first-order valence-electron chi connectivity index (χ1n) is 13.2. The first-order chi connectivity index (χ1) is 20.9. The highest BCUT2D eigenvalue weighted by molar-refractivity contribution is 8.00. The number of halogens is 1. The maximum absolute atomic E-state index is 13.7. The van der Waals surface area contributed by atoms with Gasteiger partial charge in [0.1, 0.15) is 23.9 Å². The van der Waals surface area contributed by atoms with Crippen LogP contribution in [0.15, 0.2) is 111 Å². The summed E-state index contributed by atoms with van der Waals surface area (Å²) in [5.41, 5.74) is 2.28. The fourth-order valence-electron chi connectivity index (χ4n) is 4.64. The average Bonchev–Trinajstić information content (AvgIpc) is 3.74. The van der Waals surface area contributed by atoms with Crippen molar-refractivity contribution in [1.29, 1.82) is 0 Å². The zero-order chi connectivity index (χ0) is 29.9. The number of aryl methyl sites for hydroxylation is 1. The van der Waals surface area contributed by atoms with Gasteiger partial charge >= 0.3 is 0 Å². The number of Topliss-reactive ketones (excluding diaryl/α,β-unsaturated/α-hetero) is 1. The molecule has 11 heteroatoms. The lowest BCUT2D eigenvalue weighted by atomic mass is 9.95. The van der Waals surface area contributed by atoms with E-state index in [1.807, 2.05) is 30.3 Å². The third-order valence-electron chi connectivity index (χ3n) is 6.72. The van der Waals surface area contributed by atoms with E-state index in [1.54, 1.807) is 49.4 Å². The molecule has 43 heavy (non-hydrogen) atoms. The number of nitrogens with zero attached hydrogens (tertiary/aromatic N) is 3. The Kier molecular flexibility index (Phi) is 8.08. The maximum atomic E-state index is 13.7. The molecule has 3 aromatic carbocycles. The van der Waals surface area contributed by atoms with E-state index in [2.05, 4.69) is 10.2 Å². The molecule has 1 amide bonds. The van der Waals surface area contributed by atoms with E-state index in [4.69, 9.17) is 9.15 Å². The van der Waals surface area contributed by atoms with Crippen LogP contribution in [0.3, 0.4) is 0 Å². The first kappa shape index (κ1) is 28.4. The number of ketones is 1. The molecule has 0 fully saturated rings. The Morgan fingerprint density at radius 2 is 1.81 bits per heavy atom. The smallest absolute Gasteiger partial charge is 0.296 e. The van der Waals surface area contributed by atoms with Gasteiger partial charge in [-0.2, -0.15) is 0 Å². The molecule has 8 nitrogen and oxygen atoms in total. The summed E-state index contributed by atoms with van der Waals surface area (Å²) in [6, 6.07) is 25.0. The van der Waals surface area contributed by atoms with Crippen LogP contribution >= 0.6 is 23.1 Å². The highest BCUT2D eigenvalue weighted by Gasteiger charge is 2.46. The van der Waals surface area contributed by atoms with Gasteiger partial charge in [0.25, 0.3) is 5.91 Å². The zero-order valence-corrected chi connectivity index (χ0v) is 24.4. The molecule has 216 valence electrons. The number of anilines is 1. The lowest BCUT2D eigenvalue weighted by molar-refractivity contribution is -0.117. The van der Waals surface area contributed by atoms with E-state index < -0.39 is 23.5 Å². The number of aliphatic hydroxyl groups excluding tert-OH is 1. The highest BCUT2D eigenvalue weighted by Crippen LogP contribution is 2.44. The number of hydrogen-bond acceptors (Lipinski definition) is 9. The summed E-state index contributed by atoms with van der Waals surface area (Å²) in [5, 5.41) is 19.8. The molecule has 1 N–H and O–H groups in total. The van der Waals surface area contributed by atoms with Gasteiger partial charge < -0.3 is 14.3 Å². The molecule has 2 aromatic heterocycles. The van der Waals surface area contributed by atoms with Crippen LogP contribution in [0.25, 0.3) is 0 Å². The Labute approximate surface area is 254 Å². The van der Waals surface area contributed by atoms with Crippen molar-refractivity contribution in [3.63, 3.8) is 0 Å². The molecule has 6 rings (SSSR count). The highest BCUT2D eigenvalue weighted by atomic mass is 32.2. The van der Waals surface area contributed by atoms with Gasteiger partial charge in [0.15, 0.2) is 15.9 Å². The van der Waals surface area contributed by atoms with Crippen molar-refractivity contribution in [2.24, 2.45) is 0 Å². The number of carbonyl (C=O) groups is 2. The molecule has 1 atom stereocenters. The van der Waals surface area contributed by atoms with Gasteiger partial charge in [-0.25, -0.2) is 4.39 Å². The number of amides is 1. The van der Waals surface area contributed by atoms with E-state index in [1.165, 1.54) is 34.9 Å². The normalized spacial score (nSPS) is 14.9. The van der Waals surface area contributed by atoms with Crippen LogP contribution in [0.1, 0.15) is 39.0 Å². The van der Waals surface area contributed by atoms with E-state index in [0.717, 1.165) is 22.5 Å². The number of rotatable bonds is 10. The average molecular weight is 614 g/mol.